The molecule has 0 fully saturated rings. The average Bonchev–Trinajstić information content (AvgIpc) is 2.21. The highest BCUT2D eigenvalue weighted by molar-refractivity contribution is 5.96. The van der Waals surface area contributed by atoms with Crippen LogP contribution in [0.25, 0.3) is 0 Å². The van der Waals surface area contributed by atoms with E-state index in [1.807, 2.05) is 56.3 Å². The Bertz CT molecular complexity index is 326. The fourth-order valence-electron chi connectivity index (χ4n) is 1.02. The smallest absolute Gasteiger partial charge is 0.138 e. The van der Waals surface area contributed by atoms with E-state index < -0.39 is 0 Å². The van der Waals surface area contributed by atoms with Crippen molar-refractivity contribution in [3.63, 3.8) is 0 Å². The van der Waals surface area contributed by atoms with Crippen LogP contribution in [-0.2, 0) is 0 Å². The van der Waals surface area contributed by atoms with Crippen LogP contribution < -0.4 is 0 Å². The summed E-state index contributed by atoms with van der Waals surface area (Å²) in [5, 5.41) is 0. The molecule has 0 saturated heterocycles. The van der Waals surface area contributed by atoms with Gasteiger partial charge in [-0.15, -0.1) is 0 Å². The molecule has 0 aromatic heterocycles. The Kier molecular flexibility index (Phi) is 3.30. The first-order valence-electron chi connectivity index (χ1n) is 4.51. The molecule has 2 heteroatoms. The molecular formula is C11H14N2. The second-order valence-corrected chi connectivity index (χ2v) is 2.44. The van der Waals surface area contributed by atoms with Gasteiger partial charge in [0.2, 0.25) is 0 Å². The average molecular weight is 174 g/mol. The van der Waals surface area contributed by atoms with Crippen LogP contribution >= 0.6 is 0 Å². The van der Waals surface area contributed by atoms with E-state index in [2.05, 4.69) is 10.7 Å². The number of hydrogen-bond donors (Lipinski definition) is 0. The van der Waals surface area contributed by atoms with Gasteiger partial charge >= 0.3 is 0 Å². The maximum absolute atomic E-state index is 4.28. The van der Waals surface area contributed by atoms with Crippen LogP contribution in [0.2, 0.25) is 0 Å². The minimum Gasteiger partial charge on any atom is -0.301 e. The third kappa shape index (κ3) is 2.20. The number of hydrogen-bond acceptors (Lipinski definition) is 2. The lowest BCUT2D eigenvalue weighted by Gasteiger charge is -2.18. The van der Waals surface area contributed by atoms with Crippen molar-refractivity contribution in [3.8, 4) is 0 Å². The van der Waals surface area contributed by atoms with Crippen molar-refractivity contribution in [1.82, 2.24) is 4.90 Å². The Labute approximate surface area is 79.3 Å². The topological polar surface area (TPSA) is 15.6 Å². The van der Waals surface area contributed by atoms with E-state index in [0.717, 1.165) is 11.5 Å². The van der Waals surface area contributed by atoms with Crippen LogP contribution in [0.15, 0.2) is 47.0 Å². The molecule has 2 rings (SSSR count). The highest BCUT2D eigenvalue weighted by atomic mass is 15.2. The van der Waals surface area contributed by atoms with Crippen LogP contribution in [0.1, 0.15) is 20.8 Å². The molecule has 0 atom stereocenters. The molecule has 0 amide bonds. The summed E-state index contributed by atoms with van der Waals surface area (Å²) in [7, 11) is 0. The number of rotatable bonds is 0. The van der Waals surface area contributed by atoms with Gasteiger partial charge in [0.25, 0.3) is 0 Å². The van der Waals surface area contributed by atoms with Crippen LogP contribution in [0.5, 0.6) is 0 Å². The SMILES string of the molecule is CC.CC1=C=CN2C=CC=CC2=N1. The molecule has 0 aromatic carbocycles. The van der Waals surface area contributed by atoms with Gasteiger partial charge in [-0.1, -0.05) is 25.7 Å². The molecule has 2 heterocycles. The summed E-state index contributed by atoms with van der Waals surface area (Å²) in [4.78, 5) is 6.22. The van der Waals surface area contributed by atoms with Gasteiger partial charge in [0.1, 0.15) is 5.84 Å². The summed E-state index contributed by atoms with van der Waals surface area (Å²) >= 11 is 0. The van der Waals surface area contributed by atoms with E-state index in [0.29, 0.717) is 0 Å². The maximum atomic E-state index is 4.28. The van der Waals surface area contributed by atoms with Crippen LogP contribution in [0.3, 0.4) is 0 Å². The minimum absolute atomic E-state index is 0.927. The van der Waals surface area contributed by atoms with Gasteiger partial charge in [-0.3, -0.25) is 0 Å². The predicted molar refractivity (Wildman–Crippen MR) is 56.2 cm³/mol. The van der Waals surface area contributed by atoms with Crippen LogP contribution in [0.4, 0.5) is 0 Å². The number of amidine groups is 1. The van der Waals surface area contributed by atoms with Gasteiger partial charge < -0.3 is 4.90 Å². The molecule has 0 spiro atoms. The lowest BCUT2D eigenvalue weighted by molar-refractivity contribution is 0.749. The fraction of sp³-hybridized carbons (Fsp3) is 0.273. The molecule has 0 bridgehead atoms. The molecule has 2 aliphatic rings. The van der Waals surface area contributed by atoms with Crippen molar-refractivity contribution >= 4 is 5.84 Å². The van der Waals surface area contributed by atoms with Crippen LogP contribution in [-0.4, -0.2) is 10.7 Å². The Morgan fingerprint density at radius 2 is 2.08 bits per heavy atom. The van der Waals surface area contributed by atoms with Crippen molar-refractivity contribution in [2.75, 3.05) is 0 Å². The number of nitrogens with zero attached hydrogens (tertiary/aromatic N) is 2. The van der Waals surface area contributed by atoms with E-state index in [1.165, 1.54) is 0 Å². The minimum atomic E-state index is 0.927. The first-order chi connectivity index (χ1) is 6.36. The first-order valence-corrected chi connectivity index (χ1v) is 4.51. The molecule has 68 valence electrons. The summed E-state index contributed by atoms with van der Waals surface area (Å²) in [6.45, 7) is 5.94. The zero-order chi connectivity index (χ0) is 9.68. The highest BCUT2D eigenvalue weighted by Crippen LogP contribution is 2.09. The van der Waals surface area contributed by atoms with Crippen molar-refractivity contribution in [3.05, 3.63) is 42.1 Å². The normalized spacial score (nSPS) is 17.0. The van der Waals surface area contributed by atoms with Gasteiger partial charge in [0.05, 0.1) is 11.9 Å². The second-order valence-electron chi connectivity index (χ2n) is 2.44. The Morgan fingerprint density at radius 3 is 2.85 bits per heavy atom. The van der Waals surface area contributed by atoms with Crippen LogP contribution in [0, 0.1) is 0 Å². The van der Waals surface area contributed by atoms with E-state index in [9.17, 15) is 0 Å². The predicted octanol–water partition coefficient (Wildman–Crippen LogP) is 2.83. The zero-order valence-electron chi connectivity index (χ0n) is 8.28. The number of fused-ring (bicyclic) bond motifs is 1. The third-order valence-electron chi connectivity index (χ3n) is 1.56. The standard InChI is InChI=1S/C9H8N2.C2H6/c1-8-5-7-11-6-3-2-4-9(11)10-8;1-2/h2-4,6-7H,1H3;1-2H3. The quantitative estimate of drug-likeness (QED) is 0.515. The Hall–Kier alpha value is -1.53. The van der Waals surface area contributed by atoms with Crippen molar-refractivity contribution < 1.29 is 0 Å². The second kappa shape index (κ2) is 4.48. The molecule has 0 N–H and O–H groups in total. The van der Waals surface area contributed by atoms with Crippen molar-refractivity contribution in [2.24, 2.45) is 4.99 Å². The maximum Gasteiger partial charge on any atom is 0.138 e. The lowest BCUT2D eigenvalue weighted by atomic mass is 10.3. The molecule has 2 aliphatic heterocycles. The van der Waals surface area contributed by atoms with E-state index in [4.69, 9.17) is 0 Å². The largest absolute Gasteiger partial charge is 0.301 e. The van der Waals surface area contributed by atoms with E-state index in [-0.39, 0.29) is 0 Å². The highest BCUT2D eigenvalue weighted by Gasteiger charge is 2.06. The molecular weight excluding hydrogens is 160 g/mol. The Balaban J connectivity index is 0.000000396. The fourth-order valence-corrected chi connectivity index (χ4v) is 1.02. The summed E-state index contributed by atoms with van der Waals surface area (Å²) in [6.07, 6.45) is 9.76. The molecule has 2 nitrogen and oxygen atoms in total. The summed E-state index contributed by atoms with van der Waals surface area (Å²) in [5.41, 5.74) is 3.95. The zero-order valence-corrected chi connectivity index (χ0v) is 8.28. The van der Waals surface area contributed by atoms with Gasteiger partial charge in [0, 0.05) is 6.20 Å². The molecule has 0 radical (unpaired) electrons. The first kappa shape index (κ1) is 9.56. The number of aliphatic imine (C=N–C) groups is 1. The molecule has 0 aliphatic carbocycles. The Morgan fingerprint density at radius 1 is 1.31 bits per heavy atom. The van der Waals surface area contributed by atoms with Crippen molar-refractivity contribution in [1.29, 1.82) is 0 Å². The molecule has 0 aromatic rings. The van der Waals surface area contributed by atoms with E-state index in [1.54, 1.807) is 0 Å². The summed E-state index contributed by atoms with van der Waals surface area (Å²) in [5.74, 6) is 0.962. The summed E-state index contributed by atoms with van der Waals surface area (Å²) in [6, 6.07) is 0. The third-order valence-corrected chi connectivity index (χ3v) is 1.56. The van der Waals surface area contributed by atoms with Crippen molar-refractivity contribution in [2.45, 2.75) is 20.8 Å². The molecule has 0 saturated carbocycles. The van der Waals surface area contributed by atoms with Gasteiger partial charge in [-0.25, -0.2) is 4.99 Å². The van der Waals surface area contributed by atoms with Gasteiger partial charge in [-0.05, 0) is 19.1 Å². The molecule has 0 unspecified atom stereocenters. The lowest BCUT2D eigenvalue weighted by Crippen LogP contribution is -2.20. The van der Waals surface area contributed by atoms with E-state index >= 15 is 0 Å². The van der Waals surface area contributed by atoms with Gasteiger partial charge in [-0.2, -0.15) is 0 Å². The number of allylic oxidation sites excluding steroid dienone is 3. The molecule has 13 heavy (non-hydrogen) atoms. The summed E-state index contributed by atoms with van der Waals surface area (Å²) < 4.78 is 0. The monoisotopic (exact) mass is 174 g/mol. The van der Waals surface area contributed by atoms with Gasteiger partial charge in [0.15, 0.2) is 0 Å².